The topological polar surface area (TPSA) is 181 Å². The molecule has 0 aliphatic carbocycles. The van der Waals surface area contributed by atoms with E-state index < -0.39 is 41.3 Å². The summed E-state index contributed by atoms with van der Waals surface area (Å²) in [5.74, 6) is 0.110. The van der Waals surface area contributed by atoms with Crippen LogP contribution in [0.15, 0.2) is 17.0 Å². The average Bonchev–Trinajstić information content (AvgIpc) is 3.01. The number of ether oxygens (including phenoxy) is 1. The molecule has 0 unspecified atom stereocenters. The van der Waals surface area contributed by atoms with Gasteiger partial charge in [0.05, 0.1) is 6.26 Å². The smallest absolute Gasteiger partial charge is 0.333 e. The molecule has 23 heavy (non-hydrogen) atoms. The van der Waals surface area contributed by atoms with Crippen molar-refractivity contribution in [1.29, 1.82) is 0 Å². The van der Waals surface area contributed by atoms with Crippen molar-refractivity contribution in [3.8, 4) is 0 Å². The standard InChI is InChI=1S/C11H14N4O7S/c12-11-10-6(13-3-14-11)4(2-21-10)9-8(17)7(16)5(22-9)1-15-23(18,19)20/h2-3,5,7-9,15-17H,1H2,(H2,12,13,14)(H,18,19,20)/t5-,7-,8-,9+/m1/s1. The van der Waals surface area contributed by atoms with Crippen LogP contribution >= 0.6 is 0 Å². The van der Waals surface area contributed by atoms with Crippen LogP contribution in [0.4, 0.5) is 5.82 Å². The van der Waals surface area contributed by atoms with Crippen molar-refractivity contribution < 1.29 is 32.3 Å². The highest BCUT2D eigenvalue weighted by Crippen LogP contribution is 2.37. The Balaban J connectivity index is 1.86. The third-order valence-corrected chi connectivity index (χ3v) is 4.08. The van der Waals surface area contributed by atoms with Gasteiger partial charge in [-0.3, -0.25) is 4.55 Å². The minimum absolute atomic E-state index is 0.110. The molecular formula is C11H14N4O7S. The van der Waals surface area contributed by atoms with E-state index >= 15 is 0 Å². The van der Waals surface area contributed by atoms with Crippen molar-refractivity contribution in [1.82, 2.24) is 14.7 Å². The molecule has 1 aliphatic rings. The second-order valence-electron chi connectivity index (χ2n) is 5.03. The molecule has 3 heterocycles. The molecule has 1 aliphatic heterocycles. The molecule has 0 bridgehead atoms. The van der Waals surface area contributed by atoms with Gasteiger partial charge in [-0.25, -0.2) is 9.97 Å². The molecule has 0 amide bonds. The lowest BCUT2D eigenvalue weighted by atomic mass is 10.0. The van der Waals surface area contributed by atoms with Crippen molar-refractivity contribution in [2.45, 2.75) is 24.4 Å². The number of hydrogen-bond donors (Lipinski definition) is 5. The molecule has 0 saturated carbocycles. The van der Waals surface area contributed by atoms with Gasteiger partial charge in [-0.15, -0.1) is 0 Å². The first-order chi connectivity index (χ1) is 10.8. The molecule has 1 fully saturated rings. The van der Waals surface area contributed by atoms with Crippen LogP contribution < -0.4 is 10.5 Å². The summed E-state index contributed by atoms with van der Waals surface area (Å²) in [6.45, 7) is -0.416. The normalized spacial score (nSPS) is 28.5. The Morgan fingerprint density at radius 3 is 2.74 bits per heavy atom. The molecule has 6 N–H and O–H groups in total. The zero-order valence-corrected chi connectivity index (χ0v) is 12.3. The second-order valence-corrected chi connectivity index (χ2v) is 6.27. The number of furan rings is 1. The predicted molar refractivity (Wildman–Crippen MR) is 75.4 cm³/mol. The predicted octanol–water partition coefficient (Wildman–Crippen LogP) is -1.64. The Hall–Kier alpha value is -1.83. The third-order valence-electron chi connectivity index (χ3n) is 3.54. The Morgan fingerprint density at radius 2 is 2.04 bits per heavy atom. The van der Waals surface area contributed by atoms with E-state index in [9.17, 15) is 18.6 Å². The first-order valence-electron chi connectivity index (χ1n) is 6.49. The first kappa shape index (κ1) is 16.0. The van der Waals surface area contributed by atoms with Crippen LogP contribution in [0.1, 0.15) is 11.7 Å². The van der Waals surface area contributed by atoms with Crippen molar-refractivity contribution in [3.63, 3.8) is 0 Å². The Kier molecular flexibility index (Phi) is 3.95. The van der Waals surface area contributed by atoms with Gasteiger partial charge in [0.1, 0.15) is 36.3 Å². The monoisotopic (exact) mass is 346 g/mol. The lowest BCUT2D eigenvalue weighted by molar-refractivity contribution is 0.0101. The molecule has 126 valence electrons. The number of anilines is 1. The van der Waals surface area contributed by atoms with Crippen LogP contribution in [0.5, 0.6) is 0 Å². The van der Waals surface area contributed by atoms with Crippen molar-refractivity contribution in [3.05, 3.63) is 18.2 Å². The van der Waals surface area contributed by atoms with Crippen molar-refractivity contribution in [2.75, 3.05) is 12.3 Å². The number of rotatable bonds is 4. The zero-order chi connectivity index (χ0) is 16.8. The molecule has 0 spiro atoms. The van der Waals surface area contributed by atoms with Crippen LogP contribution in [0, 0.1) is 0 Å². The summed E-state index contributed by atoms with van der Waals surface area (Å²) in [5, 5.41) is 20.1. The van der Waals surface area contributed by atoms with E-state index in [1.807, 2.05) is 0 Å². The molecular weight excluding hydrogens is 332 g/mol. The lowest BCUT2D eigenvalue weighted by Gasteiger charge is -2.13. The quantitative estimate of drug-likeness (QED) is 0.403. The number of nitrogens with zero attached hydrogens (tertiary/aromatic N) is 2. The molecule has 1 saturated heterocycles. The number of aliphatic hydroxyl groups excluding tert-OH is 2. The van der Waals surface area contributed by atoms with Crippen molar-refractivity contribution >= 4 is 27.2 Å². The van der Waals surface area contributed by atoms with Gasteiger partial charge in [0.15, 0.2) is 11.4 Å². The largest absolute Gasteiger partial charge is 0.458 e. The zero-order valence-electron chi connectivity index (χ0n) is 11.5. The second kappa shape index (κ2) is 5.67. The van der Waals surface area contributed by atoms with Gasteiger partial charge in [-0.1, -0.05) is 0 Å². The first-order valence-corrected chi connectivity index (χ1v) is 7.93. The van der Waals surface area contributed by atoms with Gasteiger partial charge in [-0.2, -0.15) is 13.1 Å². The highest BCUT2D eigenvalue weighted by atomic mass is 32.2. The van der Waals surface area contributed by atoms with E-state index in [1.165, 1.54) is 12.6 Å². The number of aromatic nitrogens is 2. The molecule has 11 nitrogen and oxygen atoms in total. The van der Waals surface area contributed by atoms with Gasteiger partial charge in [0, 0.05) is 12.1 Å². The summed E-state index contributed by atoms with van der Waals surface area (Å²) < 4.78 is 42.6. The maximum Gasteiger partial charge on any atom is 0.333 e. The van der Waals surface area contributed by atoms with E-state index in [0.29, 0.717) is 11.1 Å². The van der Waals surface area contributed by atoms with Crippen LogP contribution in [-0.2, 0) is 15.0 Å². The molecule has 0 aromatic carbocycles. The number of nitrogens with two attached hydrogens (primary N) is 1. The summed E-state index contributed by atoms with van der Waals surface area (Å²) in [4.78, 5) is 7.78. The number of aliphatic hydroxyl groups is 2. The summed E-state index contributed by atoms with van der Waals surface area (Å²) in [6.07, 6.45) is -2.31. The van der Waals surface area contributed by atoms with E-state index in [2.05, 4.69) is 9.97 Å². The van der Waals surface area contributed by atoms with Gasteiger partial charge in [0.25, 0.3) is 0 Å². The van der Waals surface area contributed by atoms with Crippen LogP contribution in [-0.4, -0.2) is 58.0 Å². The third kappa shape index (κ3) is 2.99. The maximum absolute atomic E-state index is 10.7. The summed E-state index contributed by atoms with van der Waals surface area (Å²) in [5.41, 5.74) is 6.53. The fourth-order valence-electron chi connectivity index (χ4n) is 2.45. The highest BCUT2D eigenvalue weighted by Gasteiger charge is 2.45. The molecule has 12 heteroatoms. The highest BCUT2D eigenvalue weighted by molar-refractivity contribution is 7.83. The SMILES string of the molecule is Nc1ncnc2c([C@@H]3O[C@H](CNS(=O)(=O)O)[C@@H](O)[C@H]3O)coc12. The molecule has 2 aromatic rings. The van der Waals surface area contributed by atoms with E-state index in [1.54, 1.807) is 4.72 Å². The van der Waals surface area contributed by atoms with Gasteiger partial charge in [-0.05, 0) is 0 Å². The Morgan fingerprint density at radius 1 is 1.30 bits per heavy atom. The Bertz CT molecular complexity index is 823. The summed E-state index contributed by atoms with van der Waals surface area (Å²) >= 11 is 0. The summed E-state index contributed by atoms with van der Waals surface area (Å²) in [7, 11) is -4.44. The lowest BCUT2D eigenvalue weighted by Crippen LogP contribution is -2.39. The minimum atomic E-state index is -4.44. The number of nitrogen functional groups attached to an aromatic ring is 1. The van der Waals surface area contributed by atoms with Crippen molar-refractivity contribution in [2.24, 2.45) is 0 Å². The number of hydrogen-bond acceptors (Lipinski definition) is 9. The fourth-order valence-corrected chi connectivity index (χ4v) is 2.83. The Labute approximate surface area is 130 Å². The van der Waals surface area contributed by atoms with Crippen LogP contribution in [0.2, 0.25) is 0 Å². The molecule has 0 radical (unpaired) electrons. The molecule has 4 atom stereocenters. The molecule has 2 aromatic heterocycles. The number of nitrogens with one attached hydrogen (secondary N) is 1. The maximum atomic E-state index is 10.7. The van der Waals surface area contributed by atoms with Gasteiger partial charge >= 0.3 is 10.3 Å². The van der Waals surface area contributed by atoms with Crippen LogP contribution in [0.3, 0.4) is 0 Å². The van der Waals surface area contributed by atoms with Gasteiger partial charge in [0.2, 0.25) is 0 Å². The van der Waals surface area contributed by atoms with E-state index in [-0.39, 0.29) is 11.4 Å². The average molecular weight is 346 g/mol. The number of fused-ring (bicyclic) bond motifs is 1. The summed E-state index contributed by atoms with van der Waals surface area (Å²) in [6, 6.07) is 0. The minimum Gasteiger partial charge on any atom is -0.458 e. The molecule has 3 rings (SSSR count). The van der Waals surface area contributed by atoms with Crippen LogP contribution in [0.25, 0.3) is 11.1 Å². The van der Waals surface area contributed by atoms with E-state index in [0.717, 1.165) is 0 Å². The fraction of sp³-hybridized carbons (Fsp3) is 0.455. The van der Waals surface area contributed by atoms with Gasteiger partial charge < -0.3 is 25.1 Å². The van der Waals surface area contributed by atoms with E-state index in [4.69, 9.17) is 19.4 Å².